The Bertz CT molecular complexity index is 360. The third-order valence-electron chi connectivity index (χ3n) is 3.23. The second-order valence-corrected chi connectivity index (χ2v) is 7.16. The van der Waals surface area contributed by atoms with Gasteiger partial charge >= 0.3 is 0 Å². The number of allylic oxidation sites excluding steroid dienone is 2. The molecule has 0 amide bonds. The van der Waals surface area contributed by atoms with Gasteiger partial charge in [-0.25, -0.2) is 0 Å². The van der Waals surface area contributed by atoms with Gasteiger partial charge in [-0.05, 0) is 25.8 Å². The number of hydrogen-bond acceptors (Lipinski definition) is 2. The topological polar surface area (TPSA) is 34.1 Å². The average molecular weight is 252 g/mol. The maximum absolute atomic E-state index is 12.1. The Morgan fingerprint density at radius 3 is 1.56 bits per heavy atom. The van der Waals surface area contributed by atoms with E-state index < -0.39 is 0 Å². The molecule has 0 radical (unpaired) electrons. The highest BCUT2D eigenvalue weighted by molar-refractivity contribution is 5.99. The molecule has 0 bridgehead atoms. The number of ketones is 2. The molecular weight excluding hydrogens is 224 g/mol. The van der Waals surface area contributed by atoms with E-state index in [2.05, 4.69) is 0 Å². The minimum atomic E-state index is -0.348. The zero-order chi connectivity index (χ0) is 14.7. The van der Waals surface area contributed by atoms with Crippen LogP contribution in [0.3, 0.4) is 0 Å². The van der Waals surface area contributed by atoms with Crippen LogP contribution in [0, 0.1) is 10.8 Å². The van der Waals surface area contributed by atoms with Crippen molar-refractivity contribution in [3.8, 4) is 0 Å². The highest BCUT2D eigenvalue weighted by atomic mass is 16.1. The quantitative estimate of drug-likeness (QED) is 0.698. The van der Waals surface area contributed by atoms with Gasteiger partial charge in [0.2, 0.25) is 0 Å². The van der Waals surface area contributed by atoms with Crippen LogP contribution in [0.2, 0.25) is 0 Å². The second-order valence-electron chi connectivity index (χ2n) is 7.16. The van der Waals surface area contributed by atoms with Gasteiger partial charge in [0.1, 0.15) is 5.78 Å². The fraction of sp³-hybridized carbons (Fsp3) is 0.750. The molecule has 104 valence electrons. The number of carbonyl (C=O) groups is 2. The van der Waals surface area contributed by atoms with E-state index in [1.807, 2.05) is 55.4 Å². The average Bonchev–Trinajstić information content (AvgIpc) is 2.20. The lowest BCUT2D eigenvalue weighted by Gasteiger charge is -2.20. The van der Waals surface area contributed by atoms with E-state index in [4.69, 9.17) is 0 Å². The van der Waals surface area contributed by atoms with Gasteiger partial charge in [-0.3, -0.25) is 9.59 Å². The molecule has 0 spiro atoms. The summed E-state index contributed by atoms with van der Waals surface area (Å²) in [4.78, 5) is 24.0. The van der Waals surface area contributed by atoms with Crippen LogP contribution in [-0.4, -0.2) is 11.6 Å². The monoisotopic (exact) mass is 252 g/mol. The lowest BCUT2D eigenvalue weighted by Crippen LogP contribution is -2.22. The molecule has 0 aromatic heterocycles. The maximum Gasteiger partial charge on any atom is 0.163 e. The third kappa shape index (κ3) is 5.16. The van der Waals surface area contributed by atoms with E-state index in [0.717, 1.165) is 11.1 Å². The number of hydrogen-bond donors (Lipinski definition) is 0. The van der Waals surface area contributed by atoms with E-state index in [9.17, 15) is 9.59 Å². The molecule has 0 aliphatic carbocycles. The molecule has 18 heavy (non-hydrogen) atoms. The fourth-order valence-corrected chi connectivity index (χ4v) is 1.62. The summed E-state index contributed by atoms with van der Waals surface area (Å²) in [5.41, 5.74) is 1.21. The summed E-state index contributed by atoms with van der Waals surface area (Å²) < 4.78 is 0. The standard InChI is InChI=1S/C16H28O2/c1-11(9-10-13(17)15(3,4)5)12(2)14(18)16(6,7)8/h9-10H2,1-8H3. The molecule has 2 nitrogen and oxygen atoms in total. The first-order chi connectivity index (χ1) is 7.87. The van der Waals surface area contributed by atoms with Crippen LogP contribution in [0.25, 0.3) is 0 Å². The summed E-state index contributed by atoms with van der Waals surface area (Å²) in [5, 5.41) is 0. The lowest BCUT2D eigenvalue weighted by molar-refractivity contribution is -0.126. The number of carbonyl (C=O) groups excluding carboxylic acids is 2. The lowest BCUT2D eigenvalue weighted by atomic mass is 9.83. The second kappa shape index (κ2) is 5.81. The van der Waals surface area contributed by atoms with Crippen molar-refractivity contribution in [1.29, 1.82) is 0 Å². The van der Waals surface area contributed by atoms with Gasteiger partial charge in [-0.1, -0.05) is 47.1 Å². The Morgan fingerprint density at radius 2 is 1.22 bits per heavy atom. The first-order valence-corrected chi connectivity index (χ1v) is 6.62. The van der Waals surface area contributed by atoms with Gasteiger partial charge in [0.15, 0.2) is 5.78 Å². The van der Waals surface area contributed by atoms with Crippen molar-refractivity contribution in [3.05, 3.63) is 11.1 Å². The Labute approximate surface area is 112 Å². The van der Waals surface area contributed by atoms with Crippen molar-refractivity contribution in [2.24, 2.45) is 10.8 Å². The van der Waals surface area contributed by atoms with Crippen molar-refractivity contribution in [1.82, 2.24) is 0 Å². The molecule has 0 fully saturated rings. The Kier molecular flexibility index (Phi) is 5.52. The fourth-order valence-electron chi connectivity index (χ4n) is 1.62. The van der Waals surface area contributed by atoms with Crippen molar-refractivity contribution >= 4 is 11.6 Å². The highest BCUT2D eigenvalue weighted by Crippen LogP contribution is 2.25. The molecule has 0 unspecified atom stereocenters. The van der Waals surface area contributed by atoms with Crippen LogP contribution in [0.5, 0.6) is 0 Å². The van der Waals surface area contributed by atoms with E-state index in [1.54, 1.807) is 0 Å². The summed E-state index contributed by atoms with van der Waals surface area (Å²) in [7, 11) is 0. The summed E-state index contributed by atoms with van der Waals surface area (Å²) >= 11 is 0. The molecule has 0 aromatic rings. The van der Waals surface area contributed by atoms with Crippen LogP contribution in [0.1, 0.15) is 68.2 Å². The molecule has 2 heteroatoms. The minimum absolute atomic E-state index is 0.170. The molecule has 0 saturated carbocycles. The van der Waals surface area contributed by atoms with Crippen LogP contribution in [0.4, 0.5) is 0 Å². The zero-order valence-corrected chi connectivity index (χ0v) is 13.2. The van der Waals surface area contributed by atoms with Gasteiger partial charge in [-0.15, -0.1) is 0 Å². The Morgan fingerprint density at radius 1 is 0.778 bits per heavy atom. The van der Waals surface area contributed by atoms with Crippen molar-refractivity contribution in [2.45, 2.75) is 68.2 Å². The van der Waals surface area contributed by atoms with E-state index in [0.29, 0.717) is 12.8 Å². The molecule has 0 saturated heterocycles. The van der Waals surface area contributed by atoms with Crippen LogP contribution >= 0.6 is 0 Å². The number of rotatable bonds is 4. The predicted molar refractivity (Wildman–Crippen MR) is 76.5 cm³/mol. The van der Waals surface area contributed by atoms with Gasteiger partial charge in [-0.2, -0.15) is 0 Å². The maximum atomic E-state index is 12.1. The van der Waals surface area contributed by atoms with Crippen LogP contribution in [-0.2, 0) is 9.59 Å². The van der Waals surface area contributed by atoms with Crippen molar-refractivity contribution in [2.75, 3.05) is 0 Å². The molecule has 0 aliphatic heterocycles. The predicted octanol–water partition coefficient (Wildman–Crippen LogP) is 4.33. The minimum Gasteiger partial charge on any atom is -0.299 e. The molecule has 0 N–H and O–H groups in total. The molecule has 0 atom stereocenters. The number of Topliss-reactive ketones (excluding diaryl/α,β-unsaturated/α-hetero) is 2. The normalized spacial score (nSPS) is 14.2. The van der Waals surface area contributed by atoms with Gasteiger partial charge < -0.3 is 0 Å². The van der Waals surface area contributed by atoms with E-state index in [1.165, 1.54) is 0 Å². The third-order valence-corrected chi connectivity index (χ3v) is 3.23. The van der Waals surface area contributed by atoms with Crippen molar-refractivity contribution in [3.63, 3.8) is 0 Å². The van der Waals surface area contributed by atoms with Crippen molar-refractivity contribution < 1.29 is 9.59 Å². The summed E-state index contributed by atoms with van der Waals surface area (Å²) in [6, 6.07) is 0. The first kappa shape index (κ1) is 17.1. The van der Waals surface area contributed by atoms with Gasteiger partial charge in [0.25, 0.3) is 0 Å². The first-order valence-electron chi connectivity index (χ1n) is 6.62. The summed E-state index contributed by atoms with van der Waals surface area (Å²) in [6.45, 7) is 15.4. The molecule has 0 aliphatic rings. The summed E-state index contributed by atoms with van der Waals surface area (Å²) in [5.74, 6) is 0.418. The molecule has 0 aromatic carbocycles. The molecular formula is C16H28O2. The van der Waals surface area contributed by atoms with Crippen LogP contribution < -0.4 is 0 Å². The molecule has 0 rings (SSSR count). The van der Waals surface area contributed by atoms with E-state index >= 15 is 0 Å². The molecule has 0 heterocycles. The Balaban J connectivity index is 4.72. The smallest absolute Gasteiger partial charge is 0.163 e. The SMILES string of the molecule is CC(CCC(=O)C(C)(C)C)=C(C)C(=O)C(C)(C)C. The zero-order valence-electron chi connectivity index (χ0n) is 13.2. The van der Waals surface area contributed by atoms with Gasteiger partial charge in [0, 0.05) is 17.3 Å². The van der Waals surface area contributed by atoms with Crippen LogP contribution in [0.15, 0.2) is 11.1 Å². The van der Waals surface area contributed by atoms with Gasteiger partial charge in [0.05, 0.1) is 0 Å². The van der Waals surface area contributed by atoms with E-state index in [-0.39, 0.29) is 22.4 Å². The summed E-state index contributed by atoms with van der Waals surface area (Å²) in [6.07, 6.45) is 1.20. The Hall–Kier alpha value is -0.920. The highest BCUT2D eigenvalue weighted by Gasteiger charge is 2.24. The largest absolute Gasteiger partial charge is 0.299 e.